The molecule has 0 amide bonds. The average Bonchev–Trinajstić information content (AvgIpc) is 2.64. The molecule has 0 aliphatic heterocycles. The lowest BCUT2D eigenvalue weighted by Gasteiger charge is -2.23. The zero-order valence-corrected chi connectivity index (χ0v) is 9.59. The van der Waals surface area contributed by atoms with Gasteiger partial charge in [0.15, 0.2) is 0 Å². The molecule has 82 valence electrons. The molecule has 0 heterocycles. The van der Waals surface area contributed by atoms with E-state index in [2.05, 4.69) is 11.9 Å². The molecule has 1 fully saturated rings. The molecular weight excluding hydrogens is 174 g/mol. The normalized spacial score (nSPS) is 17.9. The molecule has 1 saturated carbocycles. The van der Waals surface area contributed by atoms with Crippen LogP contribution in [-0.2, 0) is 4.79 Å². The molecule has 0 bridgehead atoms. The van der Waals surface area contributed by atoms with Gasteiger partial charge in [0.05, 0.1) is 0 Å². The van der Waals surface area contributed by atoms with Gasteiger partial charge < -0.3 is 9.69 Å². The lowest BCUT2D eigenvalue weighted by Crippen LogP contribution is -2.30. The van der Waals surface area contributed by atoms with E-state index in [1.807, 2.05) is 0 Å². The summed E-state index contributed by atoms with van der Waals surface area (Å²) in [5.74, 6) is 0.327. The molecule has 1 rings (SSSR count). The molecule has 0 aromatic carbocycles. The lowest BCUT2D eigenvalue weighted by atomic mass is 10.1. The van der Waals surface area contributed by atoms with Crippen LogP contribution in [0.4, 0.5) is 0 Å². The van der Waals surface area contributed by atoms with Gasteiger partial charge in [0, 0.05) is 12.5 Å². The first kappa shape index (κ1) is 11.7. The SMILES string of the molecule is CC(=O)CCCCN(C)C1CCCC1. The van der Waals surface area contributed by atoms with E-state index in [-0.39, 0.29) is 0 Å². The molecular formula is C12H23NO. The summed E-state index contributed by atoms with van der Waals surface area (Å²) in [5.41, 5.74) is 0. The summed E-state index contributed by atoms with van der Waals surface area (Å²) in [7, 11) is 2.23. The number of nitrogens with zero attached hydrogens (tertiary/aromatic N) is 1. The number of hydrogen-bond acceptors (Lipinski definition) is 2. The summed E-state index contributed by atoms with van der Waals surface area (Å²) in [6.07, 6.45) is 8.56. The van der Waals surface area contributed by atoms with Crippen LogP contribution in [0.5, 0.6) is 0 Å². The maximum Gasteiger partial charge on any atom is 0.129 e. The molecule has 14 heavy (non-hydrogen) atoms. The molecule has 0 atom stereocenters. The molecule has 1 aliphatic rings. The predicted molar refractivity (Wildman–Crippen MR) is 59.4 cm³/mol. The zero-order valence-electron chi connectivity index (χ0n) is 9.59. The lowest BCUT2D eigenvalue weighted by molar-refractivity contribution is -0.117. The summed E-state index contributed by atoms with van der Waals surface area (Å²) in [4.78, 5) is 13.2. The van der Waals surface area contributed by atoms with Gasteiger partial charge >= 0.3 is 0 Å². The summed E-state index contributed by atoms with van der Waals surface area (Å²) in [6, 6.07) is 0.826. The predicted octanol–water partition coefficient (Wildman–Crippen LogP) is 2.62. The van der Waals surface area contributed by atoms with Crippen LogP contribution in [0.15, 0.2) is 0 Å². The van der Waals surface area contributed by atoms with Crippen molar-refractivity contribution in [2.45, 2.75) is 57.9 Å². The summed E-state index contributed by atoms with van der Waals surface area (Å²) < 4.78 is 0. The van der Waals surface area contributed by atoms with E-state index in [0.717, 1.165) is 25.4 Å². The summed E-state index contributed by atoms with van der Waals surface area (Å²) >= 11 is 0. The quantitative estimate of drug-likeness (QED) is 0.610. The van der Waals surface area contributed by atoms with Gasteiger partial charge in [0.2, 0.25) is 0 Å². The second kappa shape index (κ2) is 6.18. The molecule has 2 heteroatoms. The summed E-state index contributed by atoms with van der Waals surface area (Å²) in [5, 5.41) is 0. The topological polar surface area (TPSA) is 20.3 Å². The number of carbonyl (C=O) groups is 1. The van der Waals surface area contributed by atoms with Crippen LogP contribution in [0.25, 0.3) is 0 Å². The first-order valence-corrected chi connectivity index (χ1v) is 5.90. The molecule has 0 unspecified atom stereocenters. The van der Waals surface area contributed by atoms with Crippen molar-refractivity contribution in [2.24, 2.45) is 0 Å². The third-order valence-corrected chi connectivity index (χ3v) is 3.24. The van der Waals surface area contributed by atoms with Gasteiger partial charge in [-0.3, -0.25) is 0 Å². The molecule has 1 aliphatic carbocycles. The first-order valence-electron chi connectivity index (χ1n) is 5.90. The zero-order chi connectivity index (χ0) is 10.4. The molecule has 0 saturated heterocycles. The highest BCUT2D eigenvalue weighted by atomic mass is 16.1. The number of hydrogen-bond donors (Lipinski definition) is 0. The fraction of sp³-hybridized carbons (Fsp3) is 0.917. The Morgan fingerprint density at radius 2 is 1.93 bits per heavy atom. The molecule has 0 aromatic rings. The Kier molecular flexibility index (Phi) is 5.16. The Bertz CT molecular complexity index is 173. The minimum absolute atomic E-state index is 0.327. The van der Waals surface area contributed by atoms with Gasteiger partial charge in [-0.05, 0) is 46.2 Å². The van der Waals surface area contributed by atoms with Crippen LogP contribution < -0.4 is 0 Å². The highest BCUT2D eigenvalue weighted by Gasteiger charge is 2.18. The van der Waals surface area contributed by atoms with Crippen LogP contribution >= 0.6 is 0 Å². The minimum atomic E-state index is 0.327. The Labute approximate surface area is 87.7 Å². The van der Waals surface area contributed by atoms with Crippen LogP contribution in [0, 0.1) is 0 Å². The van der Waals surface area contributed by atoms with Crippen LogP contribution in [0.3, 0.4) is 0 Å². The van der Waals surface area contributed by atoms with Gasteiger partial charge in [-0.15, -0.1) is 0 Å². The van der Waals surface area contributed by atoms with Crippen molar-refractivity contribution < 1.29 is 4.79 Å². The summed E-state index contributed by atoms with van der Waals surface area (Å²) in [6.45, 7) is 2.85. The average molecular weight is 197 g/mol. The van der Waals surface area contributed by atoms with Crippen molar-refractivity contribution in [2.75, 3.05) is 13.6 Å². The fourth-order valence-electron chi connectivity index (χ4n) is 2.26. The standard InChI is InChI=1S/C12H23NO/c1-11(14)7-5-6-10-13(2)12-8-3-4-9-12/h12H,3-10H2,1-2H3. The Hall–Kier alpha value is -0.370. The number of rotatable bonds is 6. The monoisotopic (exact) mass is 197 g/mol. The van der Waals surface area contributed by atoms with E-state index >= 15 is 0 Å². The number of unbranched alkanes of at least 4 members (excludes halogenated alkanes) is 1. The molecule has 0 N–H and O–H groups in total. The second-order valence-electron chi connectivity index (χ2n) is 4.58. The largest absolute Gasteiger partial charge is 0.303 e. The van der Waals surface area contributed by atoms with Gasteiger partial charge in [0.25, 0.3) is 0 Å². The van der Waals surface area contributed by atoms with Crippen molar-refractivity contribution >= 4 is 5.78 Å². The van der Waals surface area contributed by atoms with Gasteiger partial charge in [0.1, 0.15) is 5.78 Å². The molecule has 0 spiro atoms. The third kappa shape index (κ3) is 4.23. The van der Waals surface area contributed by atoms with Crippen molar-refractivity contribution in [3.05, 3.63) is 0 Å². The highest BCUT2D eigenvalue weighted by molar-refractivity contribution is 5.75. The Morgan fingerprint density at radius 3 is 2.50 bits per heavy atom. The van der Waals surface area contributed by atoms with E-state index in [9.17, 15) is 4.79 Å². The van der Waals surface area contributed by atoms with E-state index in [1.54, 1.807) is 6.92 Å². The Morgan fingerprint density at radius 1 is 1.29 bits per heavy atom. The fourth-order valence-corrected chi connectivity index (χ4v) is 2.26. The number of Topliss-reactive ketones (excluding diaryl/α,β-unsaturated/α-hetero) is 1. The minimum Gasteiger partial charge on any atom is -0.303 e. The maximum absolute atomic E-state index is 10.7. The van der Waals surface area contributed by atoms with Gasteiger partial charge in [-0.1, -0.05) is 12.8 Å². The third-order valence-electron chi connectivity index (χ3n) is 3.24. The maximum atomic E-state index is 10.7. The van der Waals surface area contributed by atoms with Crippen molar-refractivity contribution in [3.8, 4) is 0 Å². The smallest absolute Gasteiger partial charge is 0.129 e. The molecule has 0 radical (unpaired) electrons. The highest BCUT2D eigenvalue weighted by Crippen LogP contribution is 2.22. The van der Waals surface area contributed by atoms with Gasteiger partial charge in [-0.2, -0.15) is 0 Å². The van der Waals surface area contributed by atoms with Crippen LogP contribution in [0.1, 0.15) is 51.9 Å². The van der Waals surface area contributed by atoms with E-state index in [4.69, 9.17) is 0 Å². The van der Waals surface area contributed by atoms with Crippen molar-refractivity contribution in [1.29, 1.82) is 0 Å². The number of carbonyl (C=O) groups excluding carboxylic acids is 1. The number of ketones is 1. The molecule has 2 nitrogen and oxygen atoms in total. The van der Waals surface area contributed by atoms with Crippen molar-refractivity contribution in [3.63, 3.8) is 0 Å². The van der Waals surface area contributed by atoms with Gasteiger partial charge in [-0.25, -0.2) is 0 Å². The van der Waals surface area contributed by atoms with E-state index in [0.29, 0.717) is 5.78 Å². The van der Waals surface area contributed by atoms with E-state index < -0.39 is 0 Å². The second-order valence-corrected chi connectivity index (χ2v) is 4.58. The van der Waals surface area contributed by atoms with E-state index in [1.165, 1.54) is 32.1 Å². The van der Waals surface area contributed by atoms with Crippen LogP contribution in [0.2, 0.25) is 0 Å². The first-order chi connectivity index (χ1) is 6.70. The van der Waals surface area contributed by atoms with Crippen molar-refractivity contribution in [1.82, 2.24) is 4.90 Å². The Balaban J connectivity index is 2.02. The molecule has 0 aromatic heterocycles. The van der Waals surface area contributed by atoms with Crippen LogP contribution in [-0.4, -0.2) is 30.3 Å².